The number of carbonyl (C=O) groups is 1. The molecule has 0 aromatic carbocycles. The first-order valence-electron chi connectivity index (χ1n) is 7.01. The van der Waals surface area contributed by atoms with Crippen molar-refractivity contribution in [3.05, 3.63) is 18.0 Å². The van der Waals surface area contributed by atoms with Gasteiger partial charge in [-0.2, -0.15) is 5.10 Å². The summed E-state index contributed by atoms with van der Waals surface area (Å²) in [5.74, 6) is 0.260. The number of likely N-dealkylation sites (tertiary alicyclic amines) is 1. The van der Waals surface area contributed by atoms with Gasteiger partial charge in [0.2, 0.25) is 0 Å². The molecule has 1 saturated heterocycles. The predicted molar refractivity (Wildman–Crippen MR) is 73.9 cm³/mol. The van der Waals surface area contributed by atoms with Crippen LogP contribution in [0.2, 0.25) is 0 Å². The number of ether oxygens (including phenoxy) is 1. The molecular formula is C14H23N3O3. The van der Waals surface area contributed by atoms with Crippen LogP contribution in [0.4, 0.5) is 0 Å². The van der Waals surface area contributed by atoms with Crippen molar-refractivity contribution in [2.45, 2.75) is 45.5 Å². The second-order valence-corrected chi connectivity index (χ2v) is 5.82. The molecule has 1 aromatic rings. The molecule has 6 heteroatoms. The Bertz CT molecular complexity index is 458. The van der Waals surface area contributed by atoms with Crippen molar-refractivity contribution in [3.63, 3.8) is 0 Å². The summed E-state index contributed by atoms with van der Waals surface area (Å²) in [5.41, 5.74) is 1.05. The summed E-state index contributed by atoms with van der Waals surface area (Å²) in [5, 5.41) is 14.1. The van der Waals surface area contributed by atoms with Crippen molar-refractivity contribution in [1.29, 1.82) is 0 Å². The van der Waals surface area contributed by atoms with Crippen LogP contribution in [0.15, 0.2) is 12.4 Å². The van der Waals surface area contributed by atoms with Crippen LogP contribution < -0.4 is 0 Å². The van der Waals surface area contributed by atoms with E-state index in [1.807, 2.05) is 22.0 Å². The molecule has 0 spiro atoms. The summed E-state index contributed by atoms with van der Waals surface area (Å²) in [7, 11) is 1.38. The van der Waals surface area contributed by atoms with E-state index in [0.717, 1.165) is 12.1 Å². The van der Waals surface area contributed by atoms with Gasteiger partial charge < -0.3 is 9.84 Å². The van der Waals surface area contributed by atoms with Gasteiger partial charge in [0, 0.05) is 37.8 Å². The average molecular weight is 281 g/mol. The van der Waals surface area contributed by atoms with Gasteiger partial charge in [-0.15, -0.1) is 0 Å². The molecule has 1 aliphatic heterocycles. The third-order valence-corrected chi connectivity index (χ3v) is 3.48. The van der Waals surface area contributed by atoms with Gasteiger partial charge in [-0.1, -0.05) is 13.8 Å². The topological polar surface area (TPSA) is 67.6 Å². The Morgan fingerprint density at radius 3 is 3.00 bits per heavy atom. The third kappa shape index (κ3) is 3.58. The molecule has 6 nitrogen and oxygen atoms in total. The molecular weight excluding hydrogens is 258 g/mol. The van der Waals surface area contributed by atoms with Crippen LogP contribution in [0.5, 0.6) is 0 Å². The highest BCUT2D eigenvalue weighted by Gasteiger charge is 2.36. The SMILES string of the molecule is COC(=O)C1CC(O)CN1Cc1cnn(CC(C)C)c1. The normalized spacial score (nSPS) is 23.4. The maximum absolute atomic E-state index is 11.7. The van der Waals surface area contributed by atoms with Gasteiger partial charge in [-0.05, 0) is 5.92 Å². The standard InChI is InChI=1S/C14H23N3O3/c1-10(2)6-17-8-11(5-15-17)7-16-9-12(18)4-13(16)14(19)20-3/h5,8,10,12-13,18H,4,6-7,9H2,1-3H3. The van der Waals surface area contributed by atoms with E-state index in [1.165, 1.54) is 7.11 Å². The molecule has 0 saturated carbocycles. The monoisotopic (exact) mass is 281 g/mol. The Hall–Kier alpha value is -1.40. The average Bonchev–Trinajstić information content (AvgIpc) is 2.95. The predicted octanol–water partition coefficient (Wildman–Crippen LogP) is 0.647. The number of aliphatic hydroxyl groups excluding tert-OH is 1. The number of nitrogens with zero attached hydrogens (tertiary/aromatic N) is 3. The fraction of sp³-hybridized carbons (Fsp3) is 0.714. The maximum Gasteiger partial charge on any atom is 0.323 e. The lowest BCUT2D eigenvalue weighted by Gasteiger charge is -2.21. The van der Waals surface area contributed by atoms with Gasteiger partial charge in [0.15, 0.2) is 0 Å². The highest BCUT2D eigenvalue weighted by molar-refractivity contribution is 5.76. The summed E-state index contributed by atoms with van der Waals surface area (Å²) in [6.07, 6.45) is 3.79. The van der Waals surface area contributed by atoms with Crippen LogP contribution in [0, 0.1) is 5.92 Å². The lowest BCUT2D eigenvalue weighted by Crippen LogP contribution is -2.36. The van der Waals surface area contributed by atoms with Crippen LogP contribution in [-0.2, 0) is 22.6 Å². The van der Waals surface area contributed by atoms with Crippen molar-refractivity contribution < 1.29 is 14.6 Å². The minimum atomic E-state index is -0.468. The first-order chi connectivity index (χ1) is 9.49. The Morgan fingerprint density at radius 1 is 1.60 bits per heavy atom. The number of rotatable bonds is 5. The van der Waals surface area contributed by atoms with E-state index in [1.54, 1.807) is 0 Å². The van der Waals surface area contributed by atoms with Crippen LogP contribution in [0.1, 0.15) is 25.8 Å². The van der Waals surface area contributed by atoms with Crippen LogP contribution in [0.3, 0.4) is 0 Å². The molecule has 1 fully saturated rings. The van der Waals surface area contributed by atoms with E-state index in [9.17, 15) is 9.90 Å². The van der Waals surface area contributed by atoms with E-state index in [0.29, 0.717) is 25.4 Å². The first kappa shape index (κ1) is 15.0. The van der Waals surface area contributed by atoms with Gasteiger partial charge in [0.25, 0.3) is 0 Å². The number of methoxy groups -OCH3 is 1. The zero-order valence-electron chi connectivity index (χ0n) is 12.3. The molecule has 2 unspecified atom stereocenters. The van der Waals surface area contributed by atoms with E-state index >= 15 is 0 Å². The molecule has 0 radical (unpaired) electrons. The molecule has 1 N–H and O–H groups in total. The van der Waals surface area contributed by atoms with Gasteiger partial charge >= 0.3 is 5.97 Å². The highest BCUT2D eigenvalue weighted by atomic mass is 16.5. The van der Waals surface area contributed by atoms with Crippen molar-refractivity contribution in [2.24, 2.45) is 5.92 Å². The van der Waals surface area contributed by atoms with Gasteiger partial charge in [-0.25, -0.2) is 0 Å². The maximum atomic E-state index is 11.7. The summed E-state index contributed by atoms with van der Waals surface area (Å²) in [4.78, 5) is 13.7. The Morgan fingerprint density at radius 2 is 2.35 bits per heavy atom. The van der Waals surface area contributed by atoms with E-state index in [4.69, 9.17) is 4.74 Å². The number of esters is 1. The molecule has 20 heavy (non-hydrogen) atoms. The lowest BCUT2D eigenvalue weighted by molar-refractivity contribution is -0.146. The second kappa shape index (κ2) is 6.37. The molecule has 1 aliphatic rings. The fourth-order valence-corrected chi connectivity index (χ4v) is 2.63. The summed E-state index contributed by atoms with van der Waals surface area (Å²) >= 11 is 0. The van der Waals surface area contributed by atoms with Crippen LogP contribution in [-0.4, -0.2) is 51.6 Å². The summed E-state index contributed by atoms with van der Waals surface area (Å²) < 4.78 is 6.71. The molecule has 2 rings (SSSR count). The zero-order chi connectivity index (χ0) is 14.7. The summed E-state index contributed by atoms with van der Waals surface area (Å²) in [6.45, 7) is 6.27. The highest BCUT2D eigenvalue weighted by Crippen LogP contribution is 2.21. The number of aliphatic hydroxyl groups is 1. The smallest absolute Gasteiger partial charge is 0.323 e. The number of carbonyl (C=O) groups excluding carboxylic acids is 1. The number of β-amino-alcohol motifs (C(OH)–C–C–N with tert-alkyl or cyclic N) is 1. The lowest BCUT2D eigenvalue weighted by atomic mass is 10.2. The largest absolute Gasteiger partial charge is 0.468 e. The minimum absolute atomic E-state index is 0.281. The summed E-state index contributed by atoms with van der Waals surface area (Å²) in [6, 6.07) is -0.358. The molecule has 2 atom stereocenters. The molecule has 2 heterocycles. The quantitative estimate of drug-likeness (QED) is 0.803. The Balaban J connectivity index is 2.00. The minimum Gasteiger partial charge on any atom is -0.468 e. The van der Waals surface area contributed by atoms with E-state index in [-0.39, 0.29) is 12.0 Å². The first-order valence-corrected chi connectivity index (χ1v) is 7.01. The second-order valence-electron chi connectivity index (χ2n) is 5.82. The van der Waals surface area contributed by atoms with Crippen LogP contribution >= 0.6 is 0 Å². The Labute approximate surface area is 119 Å². The van der Waals surface area contributed by atoms with Gasteiger partial charge in [0.1, 0.15) is 6.04 Å². The van der Waals surface area contributed by atoms with Crippen molar-refractivity contribution >= 4 is 5.97 Å². The van der Waals surface area contributed by atoms with E-state index in [2.05, 4.69) is 18.9 Å². The van der Waals surface area contributed by atoms with Crippen molar-refractivity contribution in [2.75, 3.05) is 13.7 Å². The van der Waals surface area contributed by atoms with Gasteiger partial charge in [0.05, 0.1) is 19.4 Å². The van der Waals surface area contributed by atoms with Crippen molar-refractivity contribution in [3.8, 4) is 0 Å². The van der Waals surface area contributed by atoms with E-state index < -0.39 is 6.10 Å². The molecule has 112 valence electrons. The molecule has 0 amide bonds. The number of hydrogen-bond donors (Lipinski definition) is 1. The number of hydrogen-bond acceptors (Lipinski definition) is 5. The van der Waals surface area contributed by atoms with Gasteiger partial charge in [-0.3, -0.25) is 14.4 Å². The van der Waals surface area contributed by atoms with Crippen molar-refractivity contribution in [1.82, 2.24) is 14.7 Å². The molecule has 0 bridgehead atoms. The fourth-order valence-electron chi connectivity index (χ4n) is 2.63. The third-order valence-electron chi connectivity index (χ3n) is 3.48. The van der Waals surface area contributed by atoms with Crippen LogP contribution in [0.25, 0.3) is 0 Å². The Kier molecular flexibility index (Phi) is 4.77. The number of aromatic nitrogens is 2. The molecule has 1 aromatic heterocycles. The zero-order valence-corrected chi connectivity index (χ0v) is 12.3. The molecule has 0 aliphatic carbocycles.